The van der Waals surface area contributed by atoms with Crippen LogP contribution in [-0.4, -0.2) is 10.9 Å². The lowest BCUT2D eigenvalue weighted by Gasteiger charge is -2.07. The lowest BCUT2D eigenvalue weighted by Crippen LogP contribution is -2.13. The molecule has 2 rings (SSSR count). The van der Waals surface area contributed by atoms with Crippen molar-refractivity contribution in [3.63, 3.8) is 0 Å². The molecule has 1 aromatic carbocycles. The van der Waals surface area contributed by atoms with Gasteiger partial charge in [0.25, 0.3) is 5.91 Å². The molecule has 0 saturated heterocycles. The summed E-state index contributed by atoms with van der Waals surface area (Å²) in [5, 5.41) is 2.52. The number of pyridine rings is 1. The van der Waals surface area contributed by atoms with Gasteiger partial charge in [0.15, 0.2) is 0 Å². The normalized spacial score (nSPS) is 10.3. The van der Waals surface area contributed by atoms with E-state index in [9.17, 15) is 13.6 Å². The van der Waals surface area contributed by atoms with Gasteiger partial charge in [-0.15, -0.1) is 0 Å². The molecule has 1 aromatic heterocycles. The Labute approximate surface area is 113 Å². The smallest absolute Gasteiger partial charge is 0.257 e. The SMILES string of the molecule is Cc1cc(F)c(NC(=O)c2ccc(Cl)nc2)cc1F. The van der Waals surface area contributed by atoms with Crippen molar-refractivity contribution in [1.29, 1.82) is 0 Å². The lowest BCUT2D eigenvalue weighted by molar-refractivity contribution is 0.102. The molecule has 3 nitrogen and oxygen atoms in total. The number of hydrogen-bond acceptors (Lipinski definition) is 2. The largest absolute Gasteiger partial charge is 0.319 e. The third-order valence-corrected chi connectivity index (χ3v) is 2.71. The zero-order valence-corrected chi connectivity index (χ0v) is 10.6. The highest BCUT2D eigenvalue weighted by Gasteiger charge is 2.12. The van der Waals surface area contributed by atoms with E-state index in [0.717, 1.165) is 12.1 Å². The van der Waals surface area contributed by atoms with Crippen LogP contribution in [0.2, 0.25) is 5.15 Å². The van der Waals surface area contributed by atoms with Crippen LogP contribution in [0.3, 0.4) is 0 Å². The Morgan fingerprint density at radius 2 is 2.00 bits per heavy atom. The van der Waals surface area contributed by atoms with Crippen molar-refractivity contribution in [3.05, 3.63) is 58.4 Å². The maximum absolute atomic E-state index is 13.6. The third kappa shape index (κ3) is 3.06. The predicted octanol–water partition coefficient (Wildman–Crippen LogP) is 3.57. The molecule has 0 aliphatic heterocycles. The van der Waals surface area contributed by atoms with E-state index in [4.69, 9.17) is 11.6 Å². The first-order valence-electron chi connectivity index (χ1n) is 5.36. The summed E-state index contributed by atoms with van der Waals surface area (Å²) < 4.78 is 26.9. The second kappa shape index (κ2) is 5.32. The number of carbonyl (C=O) groups is 1. The molecule has 1 heterocycles. The van der Waals surface area contributed by atoms with Crippen molar-refractivity contribution >= 4 is 23.2 Å². The van der Waals surface area contributed by atoms with Crippen molar-refractivity contribution in [2.24, 2.45) is 0 Å². The standard InChI is InChI=1S/C13H9ClF2N2O/c1-7-4-10(16)11(5-9(7)15)18-13(19)8-2-3-12(14)17-6-8/h2-6H,1H3,(H,18,19). The van der Waals surface area contributed by atoms with Crippen LogP contribution in [0.25, 0.3) is 0 Å². The topological polar surface area (TPSA) is 42.0 Å². The Hall–Kier alpha value is -2.01. The molecule has 0 aliphatic rings. The Bertz CT molecular complexity index is 629. The predicted molar refractivity (Wildman–Crippen MR) is 68.3 cm³/mol. The summed E-state index contributed by atoms with van der Waals surface area (Å²) in [5.41, 5.74) is 0.150. The summed E-state index contributed by atoms with van der Waals surface area (Å²) in [5.74, 6) is -1.88. The summed E-state index contributed by atoms with van der Waals surface area (Å²) in [6.07, 6.45) is 1.25. The Kier molecular flexibility index (Phi) is 3.76. The number of amides is 1. The monoisotopic (exact) mass is 282 g/mol. The molecule has 2 aromatic rings. The average molecular weight is 283 g/mol. The van der Waals surface area contributed by atoms with E-state index >= 15 is 0 Å². The Morgan fingerprint density at radius 1 is 1.26 bits per heavy atom. The molecule has 0 aliphatic carbocycles. The van der Waals surface area contributed by atoms with Crippen molar-refractivity contribution < 1.29 is 13.6 Å². The van der Waals surface area contributed by atoms with Gasteiger partial charge in [0.05, 0.1) is 11.3 Å². The van der Waals surface area contributed by atoms with Gasteiger partial charge in [-0.3, -0.25) is 4.79 Å². The van der Waals surface area contributed by atoms with Crippen molar-refractivity contribution in [3.8, 4) is 0 Å². The summed E-state index contributed by atoms with van der Waals surface area (Å²) in [7, 11) is 0. The average Bonchev–Trinajstić information content (AvgIpc) is 2.36. The maximum Gasteiger partial charge on any atom is 0.257 e. The first-order valence-corrected chi connectivity index (χ1v) is 5.73. The zero-order chi connectivity index (χ0) is 14.0. The molecule has 1 N–H and O–H groups in total. The van der Waals surface area contributed by atoms with Gasteiger partial charge in [-0.25, -0.2) is 13.8 Å². The molecule has 0 bridgehead atoms. The number of anilines is 1. The number of aromatic nitrogens is 1. The number of benzene rings is 1. The number of rotatable bonds is 2. The third-order valence-electron chi connectivity index (χ3n) is 2.49. The van der Waals surface area contributed by atoms with Crippen LogP contribution in [0.4, 0.5) is 14.5 Å². The molecule has 0 fully saturated rings. The molecule has 6 heteroatoms. The minimum absolute atomic E-state index is 0.170. The van der Waals surface area contributed by atoms with Gasteiger partial charge in [-0.05, 0) is 30.7 Å². The molecule has 0 saturated carbocycles. The summed E-state index contributed by atoms with van der Waals surface area (Å²) in [4.78, 5) is 15.5. The summed E-state index contributed by atoms with van der Waals surface area (Å²) in [6.45, 7) is 1.44. The van der Waals surface area contributed by atoms with Gasteiger partial charge in [-0.1, -0.05) is 11.6 Å². The van der Waals surface area contributed by atoms with Crippen LogP contribution < -0.4 is 5.32 Å². The summed E-state index contributed by atoms with van der Waals surface area (Å²) in [6, 6.07) is 4.83. The Morgan fingerprint density at radius 3 is 2.63 bits per heavy atom. The maximum atomic E-state index is 13.6. The van der Waals surface area contributed by atoms with Gasteiger partial charge >= 0.3 is 0 Å². The van der Waals surface area contributed by atoms with Crippen molar-refractivity contribution in [1.82, 2.24) is 4.98 Å². The molecule has 0 unspecified atom stereocenters. The van der Waals surface area contributed by atoms with E-state index in [1.807, 2.05) is 0 Å². The molecule has 98 valence electrons. The molecule has 0 spiro atoms. The van der Waals surface area contributed by atoms with E-state index in [1.54, 1.807) is 0 Å². The van der Waals surface area contributed by atoms with Crippen LogP contribution in [0.5, 0.6) is 0 Å². The minimum atomic E-state index is -0.700. The lowest BCUT2D eigenvalue weighted by atomic mass is 10.2. The van der Waals surface area contributed by atoms with Crippen LogP contribution in [0.1, 0.15) is 15.9 Å². The second-order valence-electron chi connectivity index (χ2n) is 3.90. The number of nitrogens with one attached hydrogen (secondary N) is 1. The first-order chi connectivity index (χ1) is 8.97. The molecule has 1 amide bonds. The van der Waals surface area contributed by atoms with Gasteiger partial charge < -0.3 is 5.32 Å². The van der Waals surface area contributed by atoms with Crippen molar-refractivity contribution in [2.45, 2.75) is 6.92 Å². The van der Waals surface area contributed by atoms with E-state index < -0.39 is 17.5 Å². The van der Waals surface area contributed by atoms with Crippen molar-refractivity contribution in [2.75, 3.05) is 5.32 Å². The zero-order valence-electron chi connectivity index (χ0n) is 9.88. The number of carbonyl (C=O) groups excluding carboxylic acids is 1. The number of hydrogen-bond donors (Lipinski definition) is 1. The van der Waals surface area contributed by atoms with E-state index in [0.29, 0.717) is 0 Å². The molecule has 0 atom stereocenters. The van der Waals surface area contributed by atoms with E-state index in [-0.39, 0.29) is 22.0 Å². The van der Waals surface area contributed by atoms with Crippen LogP contribution in [-0.2, 0) is 0 Å². The molecule has 0 radical (unpaired) electrons. The highest BCUT2D eigenvalue weighted by atomic mass is 35.5. The fourth-order valence-electron chi connectivity index (χ4n) is 1.45. The molecular weight excluding hydrogens is 274 g/mol. The second-order valence-corrected chi connectivity index (χ2v) is 4.29. The fraction of sp³-hybridized carbons (Fsp3) is 0.0769. The van der Waals surface area contributed by atoms with Crippen LogP contribution in [0.15, 0.2) is 30.5 Å². The highest BCUT2D eigenvalue weighted by molar-refractivity contribution is 6.29. The first kappa shape index (κ1) is 13.4. The van der Waals surface area contributed by atoms with Gasteiger partial charge in [0.1, 0.15) is 16.8 Å². The van der Waals surface area contributed by atoms with E-state index in [2.05, 4.69) is 10.3 Å². The minimum Gasteiger partial charge on any atom is -0.319 e. The van der Waals surface area contributed by atoms with Gasteiger partial charge in [0.2, 0.25) is 0 Å². The summed E-state index contributed by atoms with van der Waals surface area (Å²) >= 11 is 5.59. The van der Waals surface area contributed by atoms with Crippen LogP contribution >= 0.6 is 11.6 Å². The molecule has 19 heavy (non-hydrogen) atoms. The number of nitrogens with zero attached hydrogens (tertiary/aromatic N) is 1. The number of halogens is 3. The van der Waals surface area contributed by atoms with Gasteiger partial charge in [0, 0.05) is 12.3 Å². The fourth-order valence-corrected chi connectivity index (χ4v) is 1.56. The van der Waals surface area contributed by atoms with Crippen LogP contribution in [0, 0.1) is 18.6 Å². The van der Waals surface area contributed by atoms with E-state index in [1.165, 1.54) is 25.3 Å². The Balaban J connectivity index is 2.24. The van der Waals surface area contributed by atoms with Gasteiger partial charge in [-0.2, -0.15) is 0 Å². The number of aryl methyl sites for hydroxylation is 1. The molecular formula is C13H9ClF2N2O. The highest BCUT2D eigenvalue weighted by Crippen LogP contribution is 2.19. The quantitative estimate of drug-likeness (QED) is 0.856.